The lowest BCUT2D eigenvalue weighted by Crippen LogP contribution is -2.26. The van der Waals surface area contributed by atoms with Crippen LogP contribution in [0.3, 0.4) is 0 Å². The highest BCUT2D eigenvalue weighted by Gasteiger charge is 2.11. The zero-order chi connectivity index (χ0) is 13.8. The summed E-state index contributed by atoms with van der Waals surface area (Å²) in [6, 6.07) is 2.13. The number of nitrogens with zero attached hydrogens (tertiary/aromatic N) is 3. The Morgan fingerprint density at radius 3 is 2.79 bits per heavy atom. The fourth-order valence-electron chi connectivity index (χ4n) is 2.27. The van der Waals surface area contributed by atoms with Crippen LogP contribution in [0.25, 0.3) is 10.2 Å². The molecule has 19 heavy (non-hydrogen) atoms. The van der Waals surface area contributed by atoms with Crippen LogP contribution in [0.2, 0.25) is 0 Å². The van der Waals surface area contributed by atoms with Gasteiger partial charge in [0.2, 0.25) is 0 Å². The molecule has 0 radical (unpaired) electrons. The van der Waals surface area contributed by atoms with Gasteiger partial charge in [-0.15, -0.1) is 11.3 Å². The quantitative estimate of drug-likeness (QED) is 0.803. The van der Waals surface area contributed by atoms with Gasteiger partial charge in [0.15, 0.2) is 0 Å². The first-order valence-electron chi connectivity index (χ1n) is 6.82. The van der Waals surface area contributed by atoms with E-state index in [1.165, 1.54) is 18.7 Å². The molecule has 0 atom stereocenters. The average Bonchev–Trinajstić information content (AvgIpc) is 2.76. The molecule has 0 bridgehead atoms. The Balaban J connectivity index is 2.67. The summed E-state index contributed by atoms with van der Waals surface area (Å²) in [4.78, 5) is 10.4. The monoisotopic (exact) mass is 341 g/mol. The summed E-state index contributed by atoms with van der Waals surface area (Å²) < 4.78 is 3.41. The number of halogens is 1. The molecule has 0 aromatic carbocycles. The van der Waals surface area contributed by atoms with E-state index in [1.807, 2.05) is 7.05 Å². The molecule has 0 aliphatic rings. The van der Waals surface area contributed by atoms with E-state index in [-0.39, 0.29) is 0 Å². The van der Waals surface area contributed by atoms with Crippen LogP contribution < -0.4 is 5.49 Å². The van der Waals surface area contributed by atoms with Crippen molar-refractivity contribution in [3.05, 3.63) is 21.2 Å². The van der Waals surface area contributed by atoms with Crippen molar-refractivity contribution in [3.8, 4) is 0 Å². The highest BCUT2D eigenvalue weighted by molar-refractivity contribution is 9.11. The lowest BCUT2D eigenvalue weighted by atomic mass is 10.2. The Kier molecular flexibility index (Phi) is 5.16. The van der Waals surface area contributed by atoms with Gasteiger partial charge >= 0.3 is 0 Å². The number of aromatic nitrogens is 2. The number of unbranched alkanes of at least 4 members (excludes halogenated alkanes) is 1. The Bertz CT molecular complexity index is 627. The van der Waals surface area contributed by atoms with Gasteiger partial charge in [0.05, 0.1) is 9.17 Å². The summed E-state index contributed by atoms with van der Waals surface area (Å²) in [5.74, 6) is 1.17. The molecule has 5 heteroatoms. The zero-order valence-corrected chi connectivity index (χ0v) is 14.1. The summed E-state index contributed by atoms with van der Waals surface area (Å²) in [5.41, 5.74) is 1.07. The molecule has 0 aliphatic heterocycles. The minimum atomic E-state index is 0.988. The van der Waals surface area contributed by atoms with Gasteiger partial charge in [0, 0.05) is 20.0 Å². The van der Waals surface area contributed by atoms with Gasteiger partial charge in [0.1, 0.15) is 16.1 Å². The first-order chi connectivity index (χ1) is 9.21. The van der Waals surface area contributed by atoms with Gasteiger partial charge in [0.25, 0.3) is 0 Å². The predicted molar refractivity (Wildman–Crippen MR) is 85.7 cm³/mol. The third kappa shape index (κ3) is 3.08. The van der Waals surface area contributed by atoms with Crippen LogP contribution in [-0.4, -0.2) is 16.6 Å². The van der Waals surface area contributed by atoms with Crippen LogP contribution in [0.5, 0.6) is 0 Å². The van der Waals surface area contributed by atoms with Crippen LogP contribution in [0.15, 0.2) is 14.8 Å². The number of aryl methyl sites for hydroxylation is 1. The van der Waals surface area contributed by atoms with Crippen molar-refractivity contribution in [2.24, 2.45) is 4.99 Å². The van der Waals surface area contributed by atoms with Gasteiger partial charge in [-0.2, -0.15) is 0 Å². The van der Waals surface area contributed by atoms with Crippen LogP contribution in [0.1, 0.15) is 38.9 Å². The second kappa shape index (κ2) is 6.66. The molecule has 0 N–H and O–H groups in total. The smallest absolute Gasteiger partial charge is 0.139 e. The van der Waals surface area contributed by atoms with E-state index in [2.05, 4.69) is 45.4 Å². The van der Waals surface area contributed by atoms with Crippen molar-refractivity contribution in [2.75, 3.05) is 7.05 Å². The van der Waals surface area contributed by atoms with E-state index in [9.17, 15) is 0 Å². The number of hydrogen-bond donors (Lipinski definition) is 0. The molecule has 2 aromatic rings. The molecule has 0 saturated carbocycles. The third-order valence-electron chi connectivity index (χ3n) is 3.13. The van der Waals surface area contributed by atoms with Crippen molar-refractivity contribution in [3.63, 3.8) is 0 Å². The summed E-state index contributed by atoms with van der Waals surface area (Å²) in [6.07, 6.45) is 4.51. The predicted octanol–water partition coefficient (Wildman–Crippen LogP) is 4.14. The molecule has 0 unspecified atom stereocenters. The normalized spacial score (nSPS) is 12.5. The van der Waals surface area contributed by atoms with E-state index in [0.29, 0.717) is 0 Å². The molecular formula is C14H20BrN3S. The number of thiophene rings is 1. The Morgan fingerprint density at radius 2 is 2.16 bits per heavy atom. The van der Waals surface area contributed by atoms with E-state index >= 15 is 0 Å². The fraction of sp³-hybridized carbons (Fsp3) is 0.571. The molecule has 3 nitrogen and oxygen atoms in total. The first kappa shape index (κ1) is 14.7. The minimum absolute atomic E-state index is 0.988. The van der Waals surface area contributed by atoms with Gasteiger partial charge < -0.3 is 4.57 Å². The van der Waals surface area contributed by atoms with Crippen LogP contribution in [0, 0.1) is 0 Å². The van der Waals surface area contributed by atoms with Crippen LogP contribution >= 0.6 is 27.3 Å². The largest absolute Gasteiger partial charge is 0.314 e. The summed E-state index contributed by atoms with van der Waals surface area (Å²) in [7, 11) is 1.87. The standard InChI is InChI=1S/C14H20BrN3S/c1-4-6-7-12-17-14-10(9-11(15)19-14)13(16-3)18(12)8-5-2/h9H,4-8H2,1-3H3. The molecule has 0 spiro atoms. The van der Waals surface area contributed by atoms with E-state index in [1.54, 1.807) is 11.3 Å². The molecule has 0 amide bonds. The molecule has 0 aliphatic carbocycles. The Morgan fingerprint density at radius 1 is 1.37 bits per heavy atom. The molecule has 0 fully saturated rings. The first-order valence-corrected chi connectivity index (χ1v) is 8.43. The Hall–Kier alpha value is -0.680. The fourth-order valence-corrected chi connectivity index (χ4v) is 3.73. The lowest BCUT2D eigenvalue weighted by molar-refractivity contribution is 0.583. The molecule has 2 rings (SSSR count). The van der Waals surface area contributed by atoms with Crippen molar-refractivity contribution in [1.29, 1.82) is 0 Å². The van der Waals surface area contributed by atoms with E-state index in [4.69, 9.17) is 4.98 Å². The highest BCUT2D eigenvalue weighted by Crippen LogP contribution is 2.26. The topological polar surface area (TPSA) is 30.2 Å². The third-order valence-corrected chi connectivity index (χ3v) is 4.67. The zero-order valence-electron chi connectivity index (χ0n) is 11.7. The van der Waals surface area contributed by atoms with Crippen molar-refractivity contribution in [2.45, 2.75) is 46.1 Å². The maximum atomic E-state index is 4.85. The maximum Gasteiger partial charge on any atom is 0.139 e. The summed E-state index contributed by atoms with van der Waals surface area (Å²) >= 11 is 5.24. The van der Waals surface area contributed by atoms with Gasteiger partial charge in [-0.1, -0.05) is 20.3 Å². The number of rotatable bonds is 5. The minimum Gasteiger partial charge on any atom is -0.314 e. The van der Waals surface area contributed by atoms with E-state index < -0.39 is 0 Å². The summed E-state index contributed by atoms with van der Waals surface area (Å²) in [5, 5.41) is 1.16. The molecule has 104 valence electrons. The van der Waals surface area contributed by atoms with Crippen LogP contribution in [0.4, 0.5) is 0 Å². The molecule has 0 saturated heterocycles. The Labute approximate surface area is 126 Å². The van der Waals surface area contributed by atoms with Crippen molar-refractivity contribution in [1.82, 2.24) is 9.55 Å². The van der Waals surface area contributed by atoms with Gasteiger partial charge in [-0.3, -0.25) is 4.99 Å². The second-order valence-corrected chi connectivity index (χ2v) is 7.01. The van der Waals surface area contributed by atoms with Crippen molar-refractivity contribution >= 4 is 37.5 Å². The van der Waals surface area contributed by atoms with Gasteiger partial charge in [-0.05, 0) is 34.8 Å². The number of hydrogen-bond acceptors (Lipinski definition) is 3. The molecule has 2 heterocycles. The molecular weight excluding hydrogens is 322 g/mol. The highest BCUT2D eigenvalue weighted by atomic mass is 79.9. The number of fused-ring (bicyclic) bond motifs is 1. The van der Waals surface area contributed by atoms with Crippen molar-refractivity contribution < 1.29 is 0 Å². The second-order valence-electron chi connectivity index (χ2n) is 4.60. The lowest BCUT2D eigenvalue weighted by Gasteiger charge is -2.13. The summed E-state index contributed by atoms with van der Waals surface area (Å²) in [6.45, 7) is 5.40. The maximum absolute atomic E-state index is 4.85. The van der Waals surface area contributed by atoms with Gasteiger partial charge in [-0.25, -0.2) is 4.98 Å². The van der Waals surface area contributed by atoms with Crippen LogP contribution in [-0.2, 0) is 13.0 Å². The van der Waals surface area contributed by atoms with E-state index in [0.717, 1.165) is 38.9 Å². The SMILES string of the molecule is CCCCc1nc2sc(Br)cc2c(=NC)n1CCC. The average molecular weight is 342 g/mol. The molecule has 2 aromatic heterocycles.